The van der Waals surface area contributed by atoms with Crippen LogP contribution in [-0.2, 0) is 0 Å². The van der Waals surface area contributed by atoms with E-state index in [1.807, 2.05) is 0 Å². The van der Waals surface area contributed by atoms with E-state index in [1.54, 1.807) is 0 Å². The molecule has 0 bridgehead atoms. The second-order valence-corrected chi connectivity index (χ2v) is 0.813. The molecule has 5 heteroatoms. The van der Waals surface area contributed by atoms with Crippen LogP contribution < -0.4 is 0 Å². The Morgan fingerprint density at radius 2 is 2.57 bits per heavy atom. The summed E-state index contributed by atoms with van der Waals surface area (Å²) in [5, 5.41) is 19.4. The SMILES string of the molecule is O=[N+]([O-])C/C=N\O. The number of nitro groups is 1. The molecule has 0 atom stereocenters. The van der Waals surface area contributed by atoms with E-state index in [2.05, 4.69) is 5.16 Å². The van der Waals surface area contributed by atoms with Gasteiger partial charge in [-0.3, -0.25) is 10.1 Å². The quantitative estimate of drug-likeness (QED) is 0.226. The smallest absolute Gasteiger partial charge is 0.242 e. The van der Waals surface area contributed by atoms with Gasteiger partial charge in [0.2, 0.25) is 6.54 Å². The van der Waals surface area contributed by atoms with Gasteiger partial charge in [-0.15, -0.1) is 0 Å². The van der Waals surface area contributed by atoms with Crippen LogP contribution in [0.25, 0.3) is 0 Å². The van der Waals surface area contributed by atoms with Crippen molar-refractivity contribution in [1.82, 2.24) is 0 Å². The summed E-state index contributed by atoms with van der Waals surface area (Å²) in [6.45, 7) is -0.420. The largest absolute Gasteiger partial charge is 0.411 e. The highest BCUT2D eigenvalue weighted by molar-refractivity contribution is 5.56. The van der Waals surface area contributed by atoms with Gasteiger partial charge >= 0.3 is 0 Å². The van der Waals surface area contributed by atoms with E-state index in [0.29, 0.717) is 0 Å². The summed E-state index contributed by atoms with van der Waals surface area (Å²) in [4.78, 5) is 8.76. The molecule has 0 fully saturated rings. The molecule has 0 aliphatic rings. The maximum Gasteiger partial charge on any atom is 0.242 e. The van der Waals surface area contributed by atoms with Gasteiger partial charge in [-0.05, 0) is 0 Å². The Labute approximate surface area is 39.4 Å². The third kappa shape index (κ3) is 4.87. The molecule has 0 saturated carbocycles. The summed E-state index contributed by atoms with van der Waals surface area (Å²) in [6.07, 6.45) is 0.806. The van der Waals surface area contributed by atoms with E-state index in [0.717, 1.165) is 6.21 Å². The fourth-order valence-electron chi connectivity index (χ4n) is 0.103. The van der Waals surface area contributed by atoms with Crippen molar-refractivity contribution in [3.63, 3.8) is 0 Å². The van der Waals surface area contributed by atoms with Gasteiger partial charge < -0.3 is 5.21 Å². The Balaban J connectivity index is 3.14. The lowest BCUT2D eigenvalue weighted by Gasteiger charge is -1.76. The van der Waals surface area contributed by atoms with Crippen LogP contribution in [-0.4, -0.2) is 22.9 Å². The first kappa shape index (κ1) is 5.87. The molecule has 0 aromatic rings. The van der Waals surface area contributed by atoms with E-state index in [-0.39, 0.29) is 0 Å². The van der Waals surface area contributed by atoms with Gasteiger partial charge in [-0.1, -0.05) is 5.16 Å². The minimum atomic E-state index is -0.598. The molecule has 1 N–H and O–H groups in total. The molecule has 0 unspecified atom stereocenters. The zero-order chi connectivity index (χ0) is 5.70. The lowest BCUT2D eigenvalue weighted by Crippen LogP contribution is -2.00. The molecule has 0 aromatic heterocycles. The molecular weight excluding hydrogens is 100 g/mol. The van der Waals surface area contributed by atoms with Gasteiger partial charge in [0.05, 0.1) is 0 Å². The van der Waals surface area contributed by atoms with Gasteiger partial charge in [-0.25, -0.2) is 0 Å². The average Bonchev–Trinajstić information content (AvgIpc) is 1.61. The zero-order valence-corrected chi connectivity index (χ0v) is 3.44. The van der Waals surface area contributed by atoms with Crippen molar-refractivity contribution in [2.45, 2.75) is 0 Å². The van der Waals surface area contributed by atoms with Gasteiger partial charge in [0, 0.05) is 4.92 Å². The fraction of sp³-hybridized carbons (Fsp3) is 0.500. The van der Waals surface area contributed by atoms with Gasteiger partial charge in [-0.2, -0.15) is 0 Å². The summed E-state index contributed by atoms with van der Waals surface area (Å²) in [7, 11) is 0. The predicted octanol–water partition coefficient (Wildman–Crippen LogP) is -0.277. The van der Waals surface area contributed by atoms with Crippen LogP contribution in [0, 0.1) is 10.1 Å². The molecule has 7 heavy (non-hydrogen) atoms. The predicted molar refractivity (Wildman–Crippen MR) is 22.1 cm³/mol. The molecule has 0 radical (unpaired) electrons. The monoisotopic (exact) mass is 104 g/mol. The normalized spacial score (nSPS) is 9.71. The minimum absolute atomic E-state index is 0.420. The van der Waals surface area contributed by atoms with Gasteiger partial charge in [0.25, 0.3) is 0 Å². The Hall–Kier alpha value is -1.13. The van der Waals surface area contributed by atoms with Crippen LogP contribution in [0.15, 0.2) is 5.16 Å². The molecule has 0 aliphatic heterocycles. The highest BCUT2D eigenvalue weighted by Gasteiger charge is 1.85. The Morgan fingerprint density at radius 3 is 2.71 bits per heavy atom. The van der Waals surface area contributed by atoms with Crippen molar-refractivity contribution < 1.29 is 10.1 Å². The van der Waals surface area contributed by atoms with Crippen molar-refractivity contribution in [3.8, 4) is 0 Å². The van der Waals surface area contributed by atoms with Crippen molar-refractivity contribution in [2.75, 3.05) is 6.54 Å². The van der Waals surface area contributed by atoms with Crippen LogP contribution in [0.1, 0.15) is 0 Å². The Bertz CT molecular complexity index is 88.9. The molecule has 0 rings (SSSR count). The maximum absolute atomic E-state index is 9.36. The van der Waals surface area contributed by atoms with Crippen LogP contribution in [0.5, 0.6) is 0 Å². The molecule has 5 nitrogen and oxygen atoms in total. The number of oxime groups is 1. The lowest BCUT2D eigenvalue weighted by atomic mass is 10.8. The van der Waals surface area contributed by atoms with E-state index in [4.69, 9.17) is 5.21 Å². The van der Waals surface area contributed by atoms with E-state index in [9.17, 15) is 10.1 Å². The van der Waals surface area contributed by atoms with Gasteiger partial charge in [0.15, 0.2) is 0 Å². The van der Waals surface area contributed by atoms with Crippen molar-refractivity contribution in [3.05, 3.63) is 10.1 Å². The molecule has 0 aromatic carbocycles. The van der Waals surface area contributed by atoms with Crippen LogP contribution in [0.2, 0.25) is 0 Å². The summed E-state index contributed by atoms with van der Waals surface area (Å²) >= 11 is 0. The second-order valence-electron chi connectivity index (χ2n) is 0.813. The second kappa shape index (κ2) is 3.08. The first-order chi connectivity index (χ1) is 3.27. The zero-order valence-electron chi connectivity index (χ0n) is 3.44. The Morgan fingerprint density at radius 1 is 2.00 bits per heavy atom. The summed E-state index contributed by atoms with van der Waals surface area (Å²) in [5.41, 5.74) is 0. The van der Waals surface area contributed by atoms with Crippen molar-refractivity contribution in [2.24, 2.45) is 5.16 Å². The Kier molecular flexibility index (Phi) is 2.58. The average molecular weight is 104 g/mol. The van der Waals surface area contributed by atoms with E-state index >= 15 is 0 Å². The first-order valence-electron chi connectivity index (χ1n) is 1.55. The maximum atomic E-state index is 9.36. The van der Waals surface area contributed by atoms with Crippen LogP contribution in [0.3, 0.4) is 0 Å². The van der Waals surface area contributed by atoms with E-state index in [1.165, 1.54) is 0 Å². The summed E-state index contributed by atoms with van der Waals surface area (Å²) < 4.78 is 0. The van der Waals surface area contributed by atoms with Crippen LogP contribution in [0.4, 0.5) is 0 Å². The number of rotatable bonds is 2. The molecule has 0 heterocycles. The third-order valence-electron chi connectivity index (χ3n) is 0.312. The number of hydrogen-bond acceptors (Lipinski definition) is 4. The molecule has 0 aliphatic carbocycles. The third-order valence-corrected chi connectivity index (χ3v) is 0.312. The summed E-state index contributed by atoms with van der Waals surface area (Å²) in [6, 6.07) is 0. The first-order valence-corrected chi connectivity index (χ1v) is 1.55. The highest BCUT2D eigenvalue weighted by Crippen LogP contribution is 1.60. The lowest BCUT2D eigenvalue weighted by molar-refractivity contribution is -0.462. The molecule has 0 spiro atoms. The fourth-order valence-corrected chi connectivity index (χ4v) is 0.103. The molecular formula is C2H4N2O3. The van der Waals surface area contributed by atoms with Gasteiger partial charge in [0.1, 0.15) is 6.21 Å². The molecule has 0 amide bonds. The topological polar surface area (TPSA) is 75.7 Å². The standard InChI is InChI=1S/C2H4N2O3/c5-3-1-2-4(6)7/h1,5H,2H2/b3-1-. The highest BCUT2D eigenvalue weighted by atomic mass is 16.6. The molecule has 40 valence electrons. The number of hydrogen-bond donors (Lipinski definition) is 1. The van der Waals surface area contributed by atoms with E-state index < -0.39 is 11.5 Å². The molecule has 0 saturated heterocycles. The number of nitrogens with zero attached hydrogens (tertiary/aromatic N) is 2. The van der Waals surface area contributed by atoms with Crippen molar-refractivity contribution in [1.29, 1.82) is 0 Å². The summed E-state index contributed by atoms with van der Waals surface area (Å²) in [5.74, 6) is 0. The van der Waals surface area contributed by atoms with Crippen LogP contribution >= 0.6 is 0 Å². The minimum Gasteiger partial charge on any atom is -0.411 e. The van der Waals surface area contributed by atoms with Crippen molar-refractivity contribution >= 4 is 6.21 Å².